The predicted molar refractivity (Wildman–Crippen MR) is 107 cm³/mol. The van der Waals surface area contributed by atoms with Crippen LogP contribution in [0.4, 0.5) is 5.69 Å². The highest BCUT2D eigenvalue weighted by molar-refractivity contribution is 6.02. The number of carbonyl (C=O) groups is 2. The number of amides is 2. The molecule has 1 unspecified atom stereocenters. The van der Waals surface area contributed by atoms with Crippen LogP contribution in [0.3, 0.4) is 0 Å². The maximum atomic E-state index is 12.7. The van der Waals surface area contributed by atoms with Crippen LogP contribution < -0.4 is 20.7 Å². The summed E-state index contributed by atoms with van der Waals surface area (Å²) in [7, 11) is 1.57. The third kappa shape index (κ3) is 4.78. The third-order valence-electron chi connectivity index (χ3n) is 4.53. The summed E-state index contributed by atoms with van der Waals surface area (Å²) in [6.45, 7) is 0.526. The number of benzene rings is 2. The van der Waals surface area contributed by atoms with Crippen molar-refractivity contribution in [3.63, 3.8) is 0 Å². The Morgan fingerprint density at radius 1 is 1.22 bits per heavy atom. The summed E-state index contributed by atoms with van der Waals surface area (Å²) in [5, 5.41) is 2.79. The molecule has 7 heteroatoms. The van der Waals surface area contributed by atoms with E-state index in [-0.39, 0.29) is 24.2 Å². The zero-order chi connectivity index (χ0) is 18.5. The Hall–Kier alpha value is -2.57. The minimum atomic E-state index is -0.689. The van der Waals surface area contributed by atoms with Gasteiger partial charge in [-0.05, 0) is 30.5 Å². The summed E-state index contributed by atoms with van der Waals surface area (Å²) in [6, 6.07) is 15.7. The number of halogens is 1. The maximum Gasteiger partial charge on any atom is 0.249 e. The molecule has 6 nitrogen and oxygen atoms in total. The lowest BCUT2D eigenvalue weighted by Gasteiger charge is -2.20. The molecule has 2 aromatic rings. The average molecular weight is 390 g/mol. The molecule has 1 fully saturated rings. The van der Waals surface area contributed by atoms with Gasteiger partial charge in [-0.25, -0.2) is 0 Å². The Morgan fingerprint density at radius 3 is 2.59 bits per heavy atom. The standard InChI is InChI=1S/C20H23N3O3.ClH/c1-26-18-10-6-5-9-17(18)23-12-11-16(20(23)25)22-19(24)15(21)13-14-7-3-2-4-8-14;/h2-10,15-16H,11-13,21H2,1H3,(H,22,24);1H/t15-,16?;/m0./s1. The van der Waals surface area contributed by atoms with E-state index in [0.717, 1.165) is 5.56 Å². The molecule has 1 heterocycles. The van der Waals surface area contributed by atoms with Crippen LogP contribution in [-0.2, 0) is 16.0 Å². The van der Waals surface area contributed by atoms with Crippen LogP contribution in [-0.4, -0.2) is 37.6 Å². The third-order valence-corrected chi connectivity index (χ3v) is 4.53. The fourth-order valence-corrected chi connectivity index (χ4v) is 3.15. The Balaban J connectivity index is 0.00000261. The van der Waals surface area contributed by atoms with Crippen molar-refractivity contribution in [3.8, 4) is 5.75 Å². The Kier molecular flexibility index (Phi) is 7.21. The first kappa shape index (κ1) is 20.7. The summed E-state index contributed by atoms with van der Waals surface area (Å²) >= 11 is 0. The summed E-state index contributed by atoms with van der Waals surface area (Å²) in [4.78, 5) is 26.7. The molecule has 0 radical (unpaired) electrons. The highest BCUT2D eigenvalue weighted by atomic mass is 35.5. The van der Waals surface area contributed by atoms with Crippen molar-refractivity contribution in [2.45, 2.75) is 24.9 Å². The second-order valence-corrected chi connectivity index (χ2v) is 6.31. The van der Waals surface area contributed by atoms with Gasteiger partial charge in [-0.2, -0.15) is 0 Å². The lowest BCUT2D eigenvalue weighted by atomic mass is 10.1. The molecule has 1 saturated heterocycles. The van der Waals surface area contributed by atoms with Crippen molar-refractivity contribution in [1.82, 2.24) is 5.32 Å². The fourth-order valence-electron chi connectivity index (χ4n) is 3.15. The molecule has 0 saturated carbocycles. The van der Waals surface area contributed by atoms with Gasteiger partial charge < -0.3 is 20.7 Å². The molecule has 1 aliphatic heterocycles. The van der Waals surface area contributed by atoms with Crippen molar-refractivity contribution in [1.29, 1.82) is 0 Å². The molecule has 0 aromatic heterocycles. The smallest absolute Gasteiger partial charge is 0.249 e. The first-order valence-corrected chi connectivity index (χ1v) is 8.64. The number of carbonyl (C=O) groups excluding carboxylic acids is 2. The molecule has 0 bridgehead atoms. The first-order chi connectivity index (χ1) is 12.6. The van der Waals surface area contributed by atoms with Gasteiger partial charge >= 0.3 is 0 Å². The van der Waals surface area contributed by atoms with Gasteiger partial charge in [-0.3, -0.25) is 9.59 Å². The van der Waals surface area contributed by atoms with Gasteiger partial charge in [-0.15, -0.1) is 12.4 Å². The molecule has 27 heavy (non-hydrogen) atoms. The lowest BCUT2D eigenvalue weighted by molar-refractivity contribution is -0.127. The summed E-state index contributed by atoms with van der Waals surface area (Å²) in [5.74, 6) is 0.178. The zero-order valence-electron chi connectivity index (χ0n) is 15.1. The molecule has 2 atom stereocenters. The number of anilines is 1. The van der Waals surface area contributed by atoms with Crippen molar-refractivity contribution in [2.75, 3.05) is 18.6 Å². The van der Waals surface area contributed by atoms with Crippen LogP contribution in [0.25, 0.3) is 0 Å². The molecular weight excluding hydrogens is 366 g/mol. The number of hydrogen-bond donors (Lipinski definition) is 2. The van der Waals surface area contributed by atoms with Gasteiger partial charge in [0.2, 0.25) is 11.8 Å². The number of hydrogen-bond acceptors (Lipinski definition) is 4. The molecule has 1 aliphatic rings. The fraction of sp³-hybridized carbons (Fsp3) is 0.300. The molecule has 2 aromatic carbocycles. The number of methoxy groups -OCH3 is 1. The predicted octanol–water partition coefficient (Wildman–Crippen LogP) is 1.91. The molecule has 3 rings (SSSR count). The van der Waals surface area contributed by atoms with E-state index in [1.807, 2.05) is 54.6 Å². The van der Waals surface area contributed by atoms with E-state index in [9.17, 15) is 9.59 Å². The van der Waals surface area contributed by atoms with E-state index in [4.69, 9.17) is 10.5 Å². The van der Waals surface area contributed by atoms with E-state index < -0.39 is 12.1 Å². The molecule has 144 valence electrons. The van der Waals surface area contributed by atoms with E-state index >= 15 is 0 Å². The van der Waals surface area contributed by atoms with Gasteiger partial charge in [0.15, 0.2) is 0 Å². The number of nitrogens with two attached hydrogens (primary N) is 1. The van der Waals surface area contributed by atoms with E-state index in [0.29, 0.717) is 30.8 Å². The van der Waals surface area contributed by atoms with Crippen LogP contribution >= 0.6 is 12.4 Å². The zero-order valence-corrected chi connectivity index (χ0v) is 15.9. The Bertz CT molecular complexity index is 785. The van der Waals surface area contributed by atoms with Gasteiger partial charge in [-0.1, -0.05) is 42.5 Å². The van der Waals surface area contributed by atoms with E-state index in [1.165, 1.54) is 0 Å². The van der Waals surface area contributed by atoms with Crippen LogP contribution in [0.1, 0.15) is 12.0 Å². The Morgan fingerprint density at radius 2 is 1.89 bits per heavy atom. The molecule has 0 spiro atoms. The normalized spacial score (nSPS) is 17.2. The van der Waals surface area contributed by atoms with Crippen molar-refractivity contribution >= 4 is 29.9 Å². The first-order valence-electron chi connectivity index (χ1n) is 8.64. The van der Waals surface area contributed by atoms with Gasteiger partial charge in [0.1, 0.15) is 11.8 Å². The summed E-state index contributed by atoms with van der Waals surface area (Å²) in [6.07, 6.45) is 0.977. The molecule has 3 N–H and O–H groups in total. The van der Waals surface area contributed by atoms with Crippen LogP contribution in [0.2, 0.25) is 0 Å². The van der Waals surface area contributed by atoms with Gasteiger partial charge in [0, 0.05) is 6.54 Å². The van der Waals surface area contributed by atoms with E-state index in [1.54, 1.807) is 12.0 Å². The minimum Gasteiger partial charge on any atom is -0.495 e. The Labute approximate surface area is 165 Å². The number of rotatable bonds is 6. The van der Waals surface area contributed by atoms with Crippen LogP contribution in [0.15, 0.2) is 54.6 Å². The van der Waals surface area contributed by atoms with Crippen molar-refractivity contribution < 1.29 is 14.3 Å². The molecule has 0 aliphatic carbocycles. The lowest BCUT2D eigenvalue weighted by Crippen LogP contribution is -2.49. The largest absolute Gasteiger partial charge is 0.495 e. The van der Waals surface area contributed by atoms with E-state index in [2.05, 4.69) is 5.32 Å². The SMILES string of the molecule is COc1ccccc1N1CCC(NC(=O)[C@@H](N)Cc2ccccc2)C1=O.Cl. The topological polar surface area (TPSA) is 84.7 Å². The van der Waals surface area contributed by atoms with Gasteiger partial charge in [0.05, 0.1) is 18.8 Å². The number of ether oxygens (including phenoxy) is 1. The number of nitrogens with zero attached hydrogens (tertiary/aromatic N) is 1. The highest BCUT2D eigenvalue weighted by Crippen LogP contribution is 2.31. The number of nitrogens with one attached hydrogen (secondary N) is 1. The summed E-state index contributed by atoms with van der Waals surface area (Å²) < 4.78 is 5.33. The van der Waals surface area contributed by atoms with Crippen molar-refractivity contribution in [2.24, 2.45) is 5.73 Å². The molecular formula is C20H24ClN3O3. The van der Waals surface area contributed by atoms with Crippen LogP contribution in [0, 0.1) is 0 Å². The average Bonchev–Trinajstić information content (AvgIpc) is 3.02. The number of para-hydroxylation sites is 2. The van der Waals surface area contributed by atoms with Crippen molar-refractivity contribution in [3.05, 3.63) is 60.2 Å². The second-order valence-electron chi connectivity index (χ2n) is 6.31. The minimum absolute atomic E-state index is 0. The van der Waals surface area contributed by atoms with Gasteiger partial charge in [0.25, 0.3) is 0 Å². The monoisotopic (exact) mass is 389 g/mol. The summed E-state index contributed by atoms with van der Waals surface area (Å²) in [5.41, 5.74) is 7.71. The highest BCUT2D eigenvalue weighted by Gasteiger charge is 2.35. The van der Waals surface area contributed by atoms with Crippen LogP contribution in [0.5, 0.6) is 5.75 Å². The maximum absolute atomic E-state index is 12.7. The second kappa shape index (κ2) is 9.39. The molecule has 2 amide bonds. The quantitative estimate of drug-likeness (QED) is 0.790.